The molecule has 0 heterocycles. The predicted octanol–water partition coefficient (Wildman–Crippen LogP) is 3.95. The first kappa shape index (κ1) is 19.0. The highest BCUT2D eigenvalue weighted by atomic mass is 16.6. The minimum atomic E-state index is -0.403. The van der Waals surface area contributed by atoms with Crippen LogP contribution in [0.5, 0.6) is 0 Å². The quantitative estimate of drug-likeness (QED) is 0.327. The van der Waals surface area contributed by atoms with E-state index in [1.54, 1.807) is 0 Å². The average molecular weight is 282 g/mol. The Morgan fingerprint density at radius 2 is 1.90 bits per heavy atom. The molecule has 0 aromatic heterocycles. The van der Waals surface area contributed by atoms with Crippen LogP contribution in [0.1, 0.15) is 66.2 Å². The number of terminal acetylenes is 1. The van der Waals surface area contributed by atoms with E-state index in [-0.39, 0.29) is 11.9 Å². The van der Waals surface area contributed by atoms with E-state index in [0.29, 0.717) is 13.0 Å². The lowest BCUT2D eigenvalue weighted by Crippen LogP contribution is -2.28. The van der Waals surface area contributed by atoms with Crippen molar-refractivity contribution >= 4 is 5.97 Å². The van der Waals surface area contributed by atoms with Crippen LogP contribution in [0, 0.1) is 18.3 Å². The molecule has 0 unspecified atom stereocenters. The van der Waals surface area contributed by atoms with Crippen molar-refractivity contribution in [2.45, 2.75) is 71.8 Å². The lowest BCUT2D eigenvalue weighted by molar-refractivity contribution is -0.157. The molecule has 0 fully saturated rings. The number of carbonyl (C=O) groups is 1. The van der Waals surface area contributed by atoms with Crippen LogP contribution in [0.15, 0.2) is 0 Å². The highest BCUT2D eigenvalue weighted by molar-refractivity contribution is 5.70. The zero-order valence-electron chi connectivity index (χ0n) is 13.5. The van der Waals surface area contributed by atoms with Crippen molar-refractivity contribution in [3.05, 3.63) is 0 Å². The van der Waals surface area contributed by atoms with Crippen molar-refractivity contribution in [1.29, 1.82) is 0 Å². The third-order valence-electron chi connectivity index (χ3n) is 3.37. The number of unbranched alkanes of at least 4 members (excludes halogenated alkanes) is 1. The van der Waals surface area contributed by atoms with E-state index in [2.05, 4.69) is 12.8 Å². The number of carbonyl (C=O) groups excluding carboxylic acids is 1. The summed E-state index contributed by atoms with van der Waals surface area (Å²) in [5.41, 5.74) is -0.403. The summed E-state index contributed by atoms with van der Waals surface area (Å²) in [5.74, 6) is 2.43. The van der Waals surface area contributed by atoms with Crippen molar-refractivity contribution in [3.63, 3.8) is 0 Å². The summed E-state index contributed by atoms with van der Waals surface area (Å²) in [4.78, 5) is 11.8. The summed E-state index contributed by atoms with van der Waals surface area (Å²) in [7, 11) is 0. The van der Waals surface area contributed by atoms with Crippen LogP contribution in [0.25, 0.3) is 0 Å². The fourth-order valence-corrected chi connectivity index (χ4v) is 1.65. The van der Waals surface area contributed by atoms with Crippen molar-refractivity contribution in [2.75, 3.05) is 13.2 Å². The summed E-state index contributed by atoms with van der Waals surface area (Å²) in [6, 6.07) is 0. The van der Waals surface area contributed by atoms with Crippen LogP contribution in [0.4, 0.5) is 0 Å². The fourth-order valence-electron chi connectivity index (χ4n) is 1.65. The molecule has 0 aliphatic rings. The van der Waals surface area contributed by atoms with E-state index < -0.39 is 5.60 Å². The molecule has 3 nitrogen and oxygen atoms in total. The molecule has 0 aliphatic carbocycles. The van der Waals surface area contributed by atoms with Crippen LogP contribution in [-0.2, 0) is 14.3 Å². The van der Waals surface area contributed by atoms with Crippen LogP contribution >= 0.6 is 0 Å². The first-order valence-corrected chi connectivity index (χ1v) is 7.70. The Morgan fingerprint density at radius 3 is 2.45 bits per heavy atom. The maximum absolute atomic E-state index is 11.8. The van der Waals surface area contributed by atoms with Gasteiger partial charge < -0.3 is 9.47 Å². The average Bonchev–Trinajstić information content (AvgIpc) is 2.40. The largest absolute Gasteiger partial charge is 0.460 e. The molecule has 0 rings (SSSR count). The van der Waals surface area contributed by atoms with Gasteiger partial charge in [0.05, 0.1) is 6.42 Å². The Balaban J connectivity index is 3.87. The van der Waals surface area contributed by atoms with E-state index in [4.69, 9.17) is 15.9 Å². The first-order chi connectivity index (χ1) is 9.45. The van der Waals surface area contributed by atoms with Crippen molar-refractivity contribution in [3.8, 4) is 12.3 Å². The molecule has 0 saturated carbocycles. The summed E-state index contributed by atoms with van der Waals surface area (Å²) in [6.07, 6.45) is 10.5. The van der Waals surface area contributed by atoms with E-state index in [1.165, 1.54) is 0 Å². The molecule has 0 N–H and O–H groups in total. The number of hydrogen-bond donors (Lipinski definition) is 0. The van der Waals surface area contributed by atoms with Crippen molar-refractivity contribution < 1.29 is 14.3 Å². The van der Waals surface area contributed by atoms with Gasteiger partial charge in [-0.3, -0.25) is 4.79 Å². The Hall–Kier alpha value is -1.01. The lowest BCUT2D eigenvalue weighted by Gasteiger charge is -2.24. The Bertz CT molecular complexity index is 302. The van der Waals surface area contributed by atoms with Crippen molar-refractivity contribution in [2.24, 2.45) is 5.92 Å². The summed E-state index contributed by atoms with van der Waals surface area (Å²) in [5, 5.41) is 0. The number of rotatable bonds is 11. The molecule has 0 bridgehead atoms. The van der Waals surface area contributed by atoms with Gasteiger partial charge in [0.15, 0.2) is 0 Å². The summed E-state index contributed by atoms with van der Waals surface area (Å²) < 4.78 is 10.9. The molecule has 20 heavy (non-hydrogen) atoms. The van der Waals surface area contributed by atoms with Gasteiger partial charge in [0.1, 0.15) is 5.60 Å². The van der Waals surface area contributed by atoms with Gasteiger partial charge in [-0.05, 0) is 39.5 Å². The highest BCUT2D eigenvalue weighted by Crippen LogP contribution is 2.18. The molecule has 0 radical (unpaired) electrons. The Kier molecular flexibility index (Phi) is 10.2. The van der Waals surface area contributed by atoms with Crippen molar-refractivity contribution in [1.82, 2.24) is 0 Å². The van der Waals surface area contributed by atoms with Gasteiger partial charge in [0.2, 0.25) is 0 Å². The number of hydrogen-bond acceptors (Lipinski definition) is 3. The standard InChI is InChI=1S/C17H30O3/c1-6-9-12-19-13-10-11-15(7-2)14-16(18)20-17(4,5)8-3/h2,15H,6,8-14H2,1,3-5H3/t15-/m0/s1. The molecule has 0 amide bonds. The second-order valence-electron chi connectivity index (χ2n) is 5.76. The van der Waals surface area contributed by atoms with Gasteiger partial charge in [-0.25, -0.2) is 0 Å². The maximum atomic E-state index is 11.8. The zero-order valence-corrected chi connectivity index (χ0v) is 13.5. The van der Waals surface area contributed by atoms with Gasteiger partial charge in [0, 0.05) is 19.1 Å². The molecule has 0 aromatic rings. The monoisotopic (exact) mass is 282 g/mol. The number of ether oxygens (including phenoxy) is 2. The second-order valence-corrected chi connectivity index (χ2v) is 5.76. The van der Waals surface area contributed by atoms with Gasteiger partial charge in [0.25, 0.3) is 0 Å². The molecule has 3 heteroatoms. The molecule has 0 saturated heterocycles. The van der Waals surface area contributed by atoms with E-state index in [0.717, 1.165) is 38.7 Å². The molecule has 0 aromatic carbocycles. The first-order valence-electron chi connectivity index (χ1n) is 7.70. The van der Waals surface area contributed by atoms with Gasteiger partial charge in [-0.15, -0.1) is 12.3 Å². The molecule has 1 atom stereocenters. The molecular weight excluding hydrogens is 252 g/mol. The number of esters is 1. The van der Waals surface area contributed by atoms with Gasteiger partial charge in [-0.1, -0.05) is 20.3 Å². The third kappa shape index (κ3) is 9.86. The second kappa shape index (κ2) is 10.7. The third-order valence-corrected chi connectivity index (χ3v) is 3.37. The SMILES string of the molecule is C#C[C@@H](CCCOCCCC)CC(=O)OC(C)(C)CC. The predicted molar refractivity (Wildman–Crippen MR) is 82.4 cm³/mol. The molecule has 0 aliphatic heterocycles. The minimum Gasteiger partial charge on any atom is -0.460 e. The maximum Gasteiger partial charge on any atom is 0.307 e. The topological polar surface area (TPSA) is 35.5 Å². The lowest BCUT2D eigenvalue weighted by atomic mass is 10.0. The van der Waals surface area contributed by atoms with Gasteiger partial charge >= 0.3 is 5.97 Å². The van der Waals surface area contributed by atoms with Crippen LogP contribution in [0.3, 0.4) is 0 Å². The highest BCUT2D eigenvalue weighted by Gasteiger charge is 2.22. The Morgan fingerprint density at radius 1 is 1.25 bits per heavy atom. The minimum absolute atomic E-state index is 0.0510. The van der Waals surface area contributed by atoms with Gasteiger partial charge in [-0.2, -0.15) is 0 Å². The Labute approximate surface area is 124 Å². The summed E-state index contributed by atoms with van der Waals surface area (Å²) in [6.45, 7) is 9.49. The molecule has 116 valence electrons. The smallest absolute Gasteiger partial charge is 0.307 e. The normalized spacial score (nSPS) is 12.8. The fraction of sp³-hybridized carbons (Fsp3) is 0.824. The van der Waals surface area contributed by atoms with E-state index in [9.17, 15) is 4.79 Å². The summed E-state index contributed by atoms with van der Waals surface area (Å²) >= 11 is 0. The molecule has 0 spiro atoms. The zero-order chi connectivity index (χ0) is 15.4. The molecular formula is C17H30O3. The van der Waals surface area contributed by atoms with Crippen LogP contribution in [-0.4, -0.2) is 24.8 Å². The van der Waals surface area contributed by atoms with E-state index in [1.807, 2.05) is 20.8 Å². The van der Waals surface area contributed by atoms with Crippen LogP contribution < -0.4 is 0 Å². The van der Waals surface area contributed by atoms with E-state index >= 15 is 0 Å². The van der Waals surface area contributed by atoms with Crippen LogP contribution in [0.2, 0.25) is 0 Å².